The molecule has 0 saturated carbocycles. The Morgan fingerprint density at radius 1 is 0.654 bits per heavy atom. The topological polar surface area (TPSA) is 82.7 Å². The molecular formula is C15H40N6O4Ti. The van der Waals surface area contributed by atoms with E-state index in [2.05, 4.69) is 16.3 Å². The van der Waals surface area contributed by atoms with Gasteiger partial charge in [0.1, 0.15) is 0 Å². The molecule has 0 unspecified atom stereocenters. The van der Waals surface area contributed by atoms with Crippen molar-refractivity contribution in [1.29, 1.82) is 0 Å². The standard InChI is InChI=1S/3C4H11N2O.C3H7O.Ti/c3*1-3-5-6(7)4-2;1-3(2)4;/h3*5H,3-4H2,1-2H3;3H,1-2H3;/q4*-1;+4. The Labute approximate surface area is 164 Å². The third-order valence-electron chi connectivity index (χ3n) is 2.91. The first-order valence-electron chi connectivity index (χ1n) is 9.68. The Hall–Kier alpha value is 0.314. The Morgan fingerprint density at radius 3 is 1.15 bits per heavy atom. The fourth-order valence-electron chi connectivity index (χ4n) is 1.96. The van der Waals surface area contributed by atoms with Gasteiger partial charge in [-0.15, -0.1) is 0 Å². The Bertz CT molecular complexity index is 302. The van der Waals surface area contributed by atoms with Gasteiger partial charge < -0.3 is 0 Å². The molecule has 0 heterocycles. The van der Waals surface area contributed by atoms with Gasteiger partial charge in [-0.1, -0.05) is 0 Å². The van der Waals surface area contributed by atoms with Gasteiger partial charge in [-0.25, -0.2) is 0 Å². The summed E-state index contributed by atoms with van der Waals surface area (Å²) in [6.45, 7) is 19.8. The van der Waals surface area contributed by atoms with E-state index in [1.54, 1.807) is 15.5 Å². The van der Waals surface area contributed by atoms with Gasteiger partial charge in [0.15, 0.2) is 0 Å². The van der Waals surface area contributed by atoms with Crippen LogP contribution in [0.3, 0.4) is 0 Å². The molecule has 0 bridgehead atoms. The van der Waals surface area contributed by atoms with Gasteiger partial charge in [-0.3, -0.25) is 0 Å². The molecule has 0 aliphatic carbocycles. The maximum absolute atomic E-state index is 6.18. The number of nitrogens with one attached hydrogen (secondary N) is 3. The number of rotatable bonds is 17. The number of hydrazine groups is 3. The SMILES string of the molecule is CCNN(CC)[O][Ti]([O]C(C)C)([O]N(CC)NCC)[O]N(CC)NCC. The molecule has 0 rings (SSSR count). The number of nitrogens with zero attached hydrogens (tertiary/aromatic N) is 3. The van der Waals surface area contributed by atoms with Crippen molar-refractivity contribution in [3.63, 3.8) is 0 Å². The van der Waals surface area contributed by atoms with Gasteiger partial charge in [-0.05, 0) is 0 Å². The van der Waals surface area contributed by atoms with E-state index in [9.17, 15) is 0 Å². The number of hydrogen-bond donors (Lipinski definition) is 3. The molecule has 0 spiro atoms. The van der Waals surface area contributed by atoms with E-state index < -0.39 is 18.1 Å². The summed E-state index contributed by atoms with van der Waals surface area (Å²) in [5.41, 5.74) is 9.44. The molecule has 11 heteroatoms. The van der Waals surface area contributed by atoms with E-state index in [0.29, 0.717) is 39.3 Å². The molecule has 0 amide bonds. The van der Waals surface area contributed by atoms with Crippen LogP contribution in [-0.4, -0.2) is 60.9 Å². The average molecular weight is 416 g/mol. The molecule has 0 atom stereocenters. The van der Waals surface area contributed by atoms with Crippen LogP contribution in [0.5, 0.6) is 0 Å². The Morgan fingerprint density at radius 2 is 0.962 bits per heavy atom. The second-order valence-electron chi connectivity index (χ2n) is 5.56. The van der Waals surface area contributed by atoms with Crippen LogP contribution in [0.1, 0.15) is 55.4 Å². The summed E-state index contributed by atoms with van der Waals surface area (Å²) >= 11 is -4.27. The van der Waals surface area contributed by atoms with Crippen LogP contribution in [0.4, 0.5) is 0 Å². The molecule has 0 aliphatic heterocycles. The zero-order valence-electron chi connectivity index (χ0n) is 17.8. The molecule has 0 aliphatic rings. The number of hydrogen-bond acceptors (Lipinski definition) is 10. The van der Waals surface area contributed by atoms with Gasteiger partial charge in [0.2, 0.25) is 0 Å². The summed E-state index contributed by atoms with van der Waals surface area (Å²) in [6, 6.07) is 0. The van der Waals surface area contributed by atoms with Crippen molar-refractivity contribution in [2.75, 3.05) is 39.3 Å². The van der Waals surface area contributed by atoms with Crippen LogP contribution in [-0.2, 0) is 31.7 Å². The fraction of sp³-hybridized carbons (Fsp3) is 1.00. The summed E-state index contributed by atoms with van der Waals surface area (Å²) in [5.74, 6) is 0. The first kappa shape index (κ1) is 26.3. The summed E-state index contributed by atoms with van der Waals surface area (Å²) in [7, 11) is 0. The molecule has 0 saturated heterocycles. The minimum atomic E-state index is -4.27. The van der Waals surface area contributed by atoms with Gasteiger partial charge >= 0.3 is 164 Å². The molecule has 0 radical (unpaired) electrons. The van der Waals surface area contributed by atoms with Crippen molar-refractivity contribution in [3.8, 4) is 0 Å². The van der Waals surface area contributed by atoms with Crippen molar-refractivity contribution in [1.82, 2.24) is 31.8 Å². The van der Waals surface area contributed by atoms with Crippen LogP contribution >= 0.6 is 0 Å². The first-order chi connectivity index (χ1) is 12.4. The molecule has 0 aromatic carbocycles. The van der Waals surface area contributed by atoms with Crippen LogP contribution < -0.4 is 16.3 Å². The first-order valence-corrected chi connectivity index (χ1v) is 12.2. The van der Waals surface area contributed by atoms with E-state index in [1.807, 2.05) is 55.4 Å². The summed E-state index contributed by atoms with van der Waals surface area (Å²) in [4.78, 5) is 0. The maximum atomic E-state index is 6.18. The minimum absolute atomic E-state index is 0.129. The van der Waals surface area contributed by atoms with Gasteiger partial charge in [-0.2, -0.15) is 0 Å². The quantitative estimate of drug-likeness (QED) is 0.240. The van der Waals surface area contributed by atoms with Gasteiger partial charge in [0.25, 0.3) is 0 Å². The second-order valence-corrected chi connectivity index (χ2v) is 8.34. The monoisotopic (exact) mass is 416 g/mol. The Balaban J connectivity index is 5.64. The molecule has 0 aromatic heterocycles. The van der Waals surface area contributed by atoms with Crippen LogP contribution in [0.15, 0.2) is 0 Å². The van der Waals surface area contributed by atoms with Crippen LogP contribution in [0, 0.1) is 0 Å². The van der Waals surface area contributed by atoms with Crippen molar-refractivity contribution in [2.45, 2.75) is 61.5 Å². The third-order valence-corrected chi connectivity index (χ3v) is 6.18. The van der Waals surface area contributed by atoms with Crippen LogP contribution in [0.25, 0.3) is 0 Å². The molecule has 158 valence electrons. The van der Waals surface area contributed by atoms with Gasteiger partial charge in [0.05, 0.1) is 0 Å². The van der Waals surface area contributed by atoms with Crippen LogP contribution in [0.2, 0.25) is 0 Å². The zero-order chi connectivity index (χ0) is 20.0. The molecule has 0 fully saturated rings. The van der Waals surface area contributed by atoms with Crippen molar-refractivity contribution in [3.05, 3.63) is 0 Å². The fourth-order valence-corrected chi connectivity index (χ4v) is 5.39. The summed E-state index contributed by atoms with van der Waals surface area (Å²) in [5, 5.41) is 4.84. The van der Waals surface area contributed by atoms with E-state index in [4.69, 9.17) is 13.6 Å². The van der Waals surface area contributed by atoms with E-state index in [-0.39, 0.29) is 6.10 Å². The predicted molar refractivity (Wildman–Crippen MR) is 97.6 cm³/mol. The average Bonchev–Trinajstić information content (AvgIpc) is 2.59. The molecular weight excluding hydrogens is 376 g/mol. The zero-order valence-corrected chi connectivity index (χ0v) is 19.4. The number of hydroxylamine groups is 3. The molecule has 3 N–H and O–H groups in total. The molecule has 26 heavy (non-hydrogen) atoms. The summed E-state index contributed by atoms with van der Waals surface area (Å²) < 4.78 is 24.7. The molecule has 0 aromatic rings. The van der Waals surface area contributed by atoms with Crippen molar-refractivity contribution < 1.29 is 31.7 Å². The summed E-state index contributed by atoms with van der Waals surface area (Å²) in [6.07, 6.45) is -0.129. The second kappa shape index (κ2) is 15.3. The van der Waals surface area contributed by atoms with Crippen molar-refractivity contribution >= 4 is 0 Å². The predicted octanol–water partition coefficient (Wildman–Crippen LogP) is 1.56. The van der Waals surface area contributed by atoms with E-state index >= 15 is 0 Å². The normalized spacial score (nSPS) is 12.9. The molecule has 10 nitrogen and oxygen atoms in total. The van der Waals surface area contributed by atoms with E-state index in [0.717, 1.165) is 0 Å². The Kier molecular flexibility index (Phi) is 15.4. The van der Waals surface area contributed by atoms with Crippen molar-refractivity contribution in [2.24, 2.45) is 0 Å². The third kappa shape index (κ3) is 10.6. The van der Waals surface area contributed by atoms with Gasteiger partial charge in [0, 0.05) is 0 Å². The van der Waals surface area contributed by atoms with E-state index in [1.165, 1.54) is 0 Å².